The molecule has 1 N–H and O–H groups in total. The number of benzene rings is 3. The molecule has 0 unspecified atom stereocenters. The van der Waals surface area contributed by atoms with E-state index in [0.717, 1.165) is 20.3 Å². The van der Waals surface area contributed by atoms with Gasteiger partial charge in [-0.15, -0.1) is 0 Å². The minimum atomic E-state index is 0.0650. The van der Waals surface area contributed by atoms with Crippen molar-refractivity contribution in [2.75, 3.05) is 0 Å². The molecule has 3 rings (SSSR count). The molecular formula is C16H11ClOSe. The van der Waals surface area contributed by atoms with E-state index in [1.807, 2.05) is 42.5 Å². The van der Waals surface area contributed by atoms with E-state index in [-0.39, 0.29) is 15.0 Å². The Kier molecular flexibility index (Phi) is 3.48. The van der Waals surface area contributed by atoms with E-state index >= 15 is 0 Å². The molecule has 0 aromatic heterocycles. The van der Waals surface area contributed by atoms with E-state index in [9.17, 15) is 5.11 Å². The Morgan fingerprint density at radius 1 is 0.842 bits per heavy atom. The van der Waals surface area contributed by atoms with Crippen molar-refractivity contribution in [1.82, 2.24) is 0 Å². The molecule has 0 atom stereocenters. The molecule has 0 radical (unpaired) electrons. The van der Waals surface area contributed by atoms with Crippen molar-refractivity contribution in [2.45, 2.75) is 0 Å². The normalized spacial score (nSPS) is 10.8. The monoisotopic (exact) mass is 334 g/mol. The number of aromatic hydroxyl groups is 1. The number of rotatable bonds is 2. The molecule has 0 bridgehead atoms. The molecule has 3 heteroatoms. The average molecular weight is 334 g/mol. The van der Waals surface area contributed by atoms with Gasteiger partial charge in [-0.05, 0) is 0 Å². The van der Waals surface area contributed by atoms with Crippen molar-refractivity contribution >= 4 is 46.3 Å². The minimum absolute atomic E-state index is 0.0650. The fourth-order valence-corrected chi connectivity index (χ4v) is 4.13. The summed E-state index contributed by atoms with van der Waals surface area (Å²) < 4.78 is 2.22. The number of hydrogen-bond acceptors (Lipinski definition) is 1. The molecule has 3 aromatic rings. The molecule has 19 heavy (non-hydrogen) atoms. The van der Waals surface area contributed by atoms with Crippen LogP contribution in [-0.4, -0.2) is 20.1 Å². The van der Waals surface area contributed by atoms with E-state index in [2.05, 4.69) is 12.1 Å². The molecule has 0 saturated heterocycles. The van der Waals surface area contributed by atoms with Gasteiger partial charge in [-0.1, -0.05) is 0 Å². The number of phenols is 1. The summed E-state index contributed by atoms with van der Waals surface area (Å²) in [4.78, 5) is 0. The Hall–Kier alpha value is -1.47. The summed E-state index contributed by atoms with van der Waals surface area (Å²) in [5.74, 6) is 0.369. The van der Waals surface area contributed by atoms with Gasteiger partial charge in [0.2, 0.25) is 0 Å². The van der Waals surface area contributed by atoms with Crippen LogP contribution in [-0.2, 0) is 0 Å². The summed E-state index contributed by atoms with van der Waals surface area (Å²) in [5.41, 5.74) is 0. The van der Waals surface area contributed by atoms with Gasteiger partial charge in [-0.3, -0.25) is 0 Å². The second-order valence-corrected chi connectivity index (χ2v) is 6.90. The molecule has 0 heterocycles. The summed E-state index contributed by atoms with van der Waals surface area (Å²) in [7, 11) is 0. The van der Waals surface area contributed by atoms with Crippen LogP contribution in [0.1, 0.15) is 0 Å². The molecular weight excluding hydrogens is 323 g/mol. The zero-order chi connectivity index (χ0) is 13.2. The summed E-state index contributed by atoms with van der Waals surface area (Å²) in [6, 6.07) is 19.7. The van der Waals surface area contributed by atoms with Gasteiger partial charge < -0.3 is 0 Å². The maximum absolute atomic E-state index is 10.1. The third-order valence-corrected chi connectivity index (χ3v) is 5.54. The van der Waals surface area contributed by atoms with E-state index < -0.39 is 0 Å². The van der Waals surface area contributed by atoms with E-state index in [4.69, 9.17) is 11.6 Å². The first kappa shape index (κ1) is 12.6. The van der Waals surface area contributed by atoms with Crippen molar-refractivity contribution in [1.29, 1.82) is 0 Å². The molecule has 1 nitrogen and oxygen atoms in total. The van der Waals surface area contributed by atoms with Gasteiger partial charge >= 0.3 is 123 Å². The Bertz CT molecular complexity index is 722. The maximum atomic E-state index is 10.1. The van der Waals surface area contributed by atoms with Gasteiger partial charge in [0.25, 0.3) is 0 Å². The van der Waals surface area contributed by atoms with Crippen LogP contribution in [0.3, 0.4) is 0 Å². The zero-order valence-corrected chi connectivity index (χ0v) is 12.5. The Labute approximate surface area is 123 Å². The van der Waals surface area contributed by atoms with Crippen LogP contribution in [0.5, 0.6) is 5.75 Å². The molecule has 94 valence electrons. The van der Waals surface area contributed by atoms with Crippen LogP contribution in [0.2, 0.25) is 5.02 Å². The summed E-state index contributed by atoms with van der Waals surface area (Å²) in [6.45, 7) is 0. The first-order chi connectivity index (χ1) is 9.24. The SMILES string of the molecule is Oc1ccc2ccccc2c1[Se]c1ccc(Cl)cc1. The predicted octanol–water partition coefficient (Wildman–Crippen LogP) is 2.85. The van der Waals surface area contributed by atoms with Crippen LogP contribution in [0.4, 0.5) is 0 Å². The molecule has 0 aliphatic rings. The fraction of sp³-hybridized carbons (Fsp3) is 0. The first-order valence-electron chi connectivity index (χ1n) is 5.88. The summed E-state index contributed by atoms with van der Waals surface area (Å²) in [5, 5.41) is 13.1. The molecule has 0 fully saturated rings. The van der Waals surface area contributed by atoms with Crippen molar-refractivity contribution in [3.8, 4) is 5.75 Å². The number of hydrogen-bond donors (Lipinski definition) is 1. The molecule has 0 saturated carbocycles. The van der Waals surface area contributed by atoms with E-state index in [1.165, 1.54) is 4.46 Å². The second-order valence-electron chi connectivity index (χ2n) is 4.19. The van der Waals surface area contributed by atoms with Gasteiger partial charge in [-0.2, -0.15) is 0 Å². The topological polar surface area (TPSA) is 20.2 Å². The molecule has 3 aromatic carbocycles. The van der Waals surface area contributed by atoms with Crippen LogP contribution in [0.25, 0.3) is 10.8 Å². The number of halogens is 1. The van der Waals surface area contributed by atoms with Crippen molar-refractivity contribution in [2.24, 2.45) is 0 Å². The Balaban J connectivity index is 2.09. The number of phenolic OH excluding ortho intramolecular Hbond substituents is 1. The zero-order valence-electron chi connectivity index (χ0n) is 10.0. The summed E-state index contributed by atoms with van der Waals surface area (Å²) >= 11 is 5.96. The fourth-order valence-electron chi connectivity index (χ4n) is 1.96. The van der Waals surface area contributed by atoms with Gasteiger partial charge in [0.15, 0.2) is 0 Å². The standard InChI is InChI=1S/C16H11ClOSe/c17-12-6-8-13(9-7-12)19-16-14-4-2-1-3-11(14)5-10-15(16)18/h1-10,18H. The van der Waals surface area contributed by atoms with Crippen LogP contribution >= 0.6 is 11.6 Å². The number of fused-ring (bicyclic) bond motifs is 1. The Morgan fingerprint density at radius 2 is 1.58 bits per heavy atom. The van der Waals surface area contributed by atoms with Gasteiger partial charge in [0, 0.05) is 0 Å². The predicted molar refractivity (Wildman–Crippen MR) is 82.1 cm³/mol. The van der Waals surface area contributed by atoms with Gasteiger partial charge in [0.05, 0.1) is 0 Å². The van der Waals surface area contributed by atoms with Crippen molar-refractivity contribution in [3.05, 3.63) is 65.7 Å². The third kappa shape index (κ3) is 2.62. The van der Waals surface area contributed by atoms with Crippen molar-refractivity contribution in [3.63, 3.8) is 0 Å². The Morgan fingerprint density at radius 3 is 2.37 bits per heavy atom. The van der Waals surface area contributed by atoms with Crippen LogP contribution < -0.4 is 8.92 Å². The van der Waals surface area contributed by atoms with Crippen LogP contribution in [0, 0.1) is 0 Å². The molecule has 0 spiro atoms. The van der Waals surface area contributed by atoms with E-state index in [1.54, 1.807) is 6.07 Å². The first-order valence-corrected chi connectivity index (χ1v) is 7.97. The molecule has 0 aliphatic carbocycles. The quantitative estimate of drug-likeness (QED) is 0.715. The summed E-state index contributed by atoms with van der Waals surface area (Å²) in [6.07, 6.45) is 0. The third-order valence-electron chi connectivity index (χ3n) is 2.89. The van der Waals surface area contributed by atoms with Crippen LogP contribution in [0.15, 0.2) is 60.7 Å². The van der Waals surface area contributed by atoms with E-state index in [0.29, 0.717) is 5.75 Å². The van der Waals surface area contributed by atoms with Crippen molar-refractivity contribution < 1.29 is 5.11 Å². The molecule has 0 aliphatic heterocycles. The van der Waals surface area contributed by atoms with Gasteiger partial charge in [0.1, 0.15) is 0 Å². The average Bonchev–Trinajstić information content (AvgIpc) is 2.44. The van der Waals surface area contributed by atoms with Gasteiger partial charge in [-0.25, -0.2) is 0 Å². The molecule has 0 amide bonds. The second kappa shape index (κ2) is 5.26.